The lowest BCUT2D eigenvalue weighted by atomic mass is 10.1. The van der Waals surface area contributed by atoms with Gasteiger partial charge < -0.3 is 21.7 Å². The minimum absolute atomic E-state index is 0. The van der Waals surface area contributed by atoms with Gasteiger partial charge in [-0.25, -0.2) is 4.57 Å². The van der Waals surface area contributed by atoms with E-state index in [1.807, 2.05) is 18.7 Å². The minimum Gasteiger partial charge on any atom is -1.00 e. The summed E-state index contributed by atoms with van der Waals surface area (Å²) < 4.78 is 10.4. The molecule has 0 saturated carbocycles. The van der Waals surface area contributed by atoms with Crippen LogP contribution in [0.4, 0.5) is 0 Å². The summed E-state index contributed by atoms with van der Waals surface area (Å²) in [5.41, 5.74) is 5.02. The summed E-state index contributed by atoms with van der Waals surface area (Å²) >= 11 is 1.94. The summed E-state index contributed by atoms with van der Waals surface area (Å²) in [4.78, 5) is 0. The Morgan fingerprint density at radius 3 is 2.50 bits per heavy atom. The molecule has 0 amide bonds. The zero-order valence-electron chi connectivity index (χ0n) is 15.1. The van der Waals surface area contributed by atoms with E-state index in [-0.39, 0.29) is 17.0 Å². The van der Waals surface area contributed by atoms with Crippen LogP contribution in [-0.4, -0.2) is 16.9 Å². The molecule has 0 atom stereocenters. The fourth-order valence-corrected chi connectivity index (χ4v) is 4.34. The topological polar surface area (TPSA) is 18.0 Å². The van der Waals surface area contributed by atoms with Gasteiger partial charge in [0.25, 0.3) is 0 Å². The first-order valence-corrected chi connectivity index (χ1v) is 9.83. The lowest BCUT2D eigenvalue weighted by Crippen LogP contribution is -3.00. The molecule has 0 unspecified atom stereocenters. The van der Waals surface area contributed by atoms with Gasteiger partial charge in [0.15, 0.2) is 5.69 Å². The van der Waals surface area contributed by atoms with E-state index in [9.17, 15) is 0 Å². The Morgan fingerprint density at radius 2 is 1.81 bits per heavy atom. The number of imidazole rings is 1. The van der Waals surface area contributed by atoms with Crippen LogP contribution in [0.3, 0.4) is 0 Å². The van der Waals surface area contributed by atoms with E-state index in [0.29, 0.717) is 6.61 Å². The Labute approximate surface area is 169 Å². The van der Waals surface area contributed by atoms with Crippen LogP contribution in [0.1, 0.15) is 18.9 Å². The van der Waals surface area contributed by atoms with Gasteiger partial charge in [0.1, 0.15) is 17.6 Å². The predicted octanol–water partition coefficient (Wildman–Crippen LogP) is 1.64. The molecule has 1 aromatic heterocycles. The van der Waals surface area contributed by atoms with Gasteiger partial charge in [-0.3, -0.25) is 0 Å². The number of fused-ring (bicyclic) bond motifs is 1. The standard InChI is InChI=1S/C21H23N2OS.BrH/c1-3-24-19-11-7-17(8-12-19)20-15-23(18-9-5-16(2)6-10-18)21-22(20)13-4-14-25-21;/h5-12,15H,3-4,13-14H2,1-2H3;1H/q+1;/p-1. The van der Waals surface area contributed by atoms with Crippen molar-refractivity contribution in [2.45, 2.75) is 32.0 Å². The quantitative estimate of drug-likeness (QED) is 0.585. The van der Waals surface area contributed by atoms with Crippen molar-refractivity contribution >= 4 is 11.8 Å². The van der Waals surface area contributed by atoms with Crippen molar-refractivity contribution in [3.8, 4) is 22.7 Å². The van der Waals surface area contributed by atoms with Crippen LogP contribution >= 0.6 is 11.8 Å². The van der Waals surface area contributed by atoms with Crippen LogP contribution in [0.15, 0.2) is 59.9 Å². The fraction of sp³-hybridized carbons (Fsp3) is 0.286. The molecular formula is C21H23BrN2OS. The maximum absolute atomic E-state index is 5.58. The maximum atomic E-state index is 5.58. The molecule has 136 valence electrons. The van der Waals surface area contributed by atoms with E-state index in [4.69, 9.17) is 4.74 Å². The Balaban J connectivity index is 0.00000196. The van der Waals surface area contributed by atoms with Crippen LogP contribution in [0.5, 0.6) is 5.75 Å². The van der Waals surface area contributed by atoms with E-state index in [1.54, 1.807) is 0 Å². The molecule has 4 rings (SSSR count). The van der Waals surface area contributed by atoms with Crippen molar-refractivity contribution in [1.29, 1.82) is 0 Å². The van der Waals surface area contributed by atoms with Crippen LogP contribution in [0, 0.1) is 6.92 Å². The third-order valence-corrected chi connectivity index (χ3v) is 5.68. The SMILES string of the molecule is CCOc1ccc(-c2cn(-c3ccc(C)cc3)c3[n+]2CCCS3)cc1.[Br-]. The second-order valence-electron chi connectivity index (χ2n) is 6.31. The monoisotopic (exact) mass is 430 g/mol. The predicted molar refractivity (Wildman–Crippen MR) is 103 cm³/mol. The first-order chi connectivity index (χ1) is 12.3. The van der Waals surface area contributed by atoms with Crippen molar-refractivity contribution in [3.05, 3.63) is 60.3 Å². The highest BCUT2D eigenvalue weighted by Crippen LogP contribution is 2.29. The van der Waals surface area contributed by atoms with Gasteiger partial charge in [0.05, 0.1) is 13.2 Å². The molecule has 5 heteroatoms. The molecule has 2 heterocycles. The molecule has 0 fully saturated rings. The van der Waals surface area contributed by atoms with Crippen molar-refractivity contribution in [2.24, 2.45) is 0 Å². The molecule has 0 radical (unpaired) electrons. The summed E-state index contributed by atoms with van der Waals surface area (Å²) in [6.07, 6.45) is 3.48. The number of hydrogen-bond donors (Lipinski definition) is 0. The molecule has 3 aromatic rings. The van der Waals surface area contributed by atoms with E-state index in [0.717, 1.165) is 12.3 Å². The van der Waals surface area contributed by atoms with Crippen molar-refractivity contribution in [3.63, 3.8) is 0 Å². The molecule has 2 aromatic carbocycles. The largest absolute Gasteiger partial charge is 1.00 e. The van der Waals surface area contributed by atoms with Crippen LogP contribution in [0.2, 0.25) is 0 Å². The lowest BCUT2D eigenvalue weighted by molar-refractivity contribution is -0.724. The zero-order chi connectivity index (χ0) is 17.2. The zero-order valence-corrected chi connectivity index (χ0v) is 17.5. The second kappa shape index (κ2) is 8.31. The van der Waals surface area contributed by atoms with Crippen molar-refractivity contribution < 1.29 is 26.3 Å². The fourth-order valence-electron chi connectivity index (χ4n) is 3.24. The first kappa shape index (κ1) is 19.1. The average Bonchev–Trinajstić information content (AvgIpc) is 3.03. The normalized spacial score (nSPS) is 13.0. The summed E-state index contributed by atoms with van der Waals surface area (Å²) in [6.45, 7) is 5.91. The molecular weight excluding hydrogens is 408 g/mol. The molecule has 0 bridgehead atoms. The molecule has 0 spiro atoms. The van der Waals surface area contributed by atoms with Crippen LogP contribution in [0.25, 0.3) is 16.9 Å². The number of aromatic nitrogens is 2. The van der Waals surface area contributed by atoms with Gasteiger partial charge in [-0.2, -0.15) is 4.57 Å². The number of nitrogens with zero attached hydrogens (tertiary/aromatic N) is 2. The molecule has 3 nitrogen and oxygen atoms in total. The van der Waals surface area contributed by atoms with Gasteiger partial charge in [0, 0.05) is 11.3 Å². The van der Waals surface area contributed by atoms with Gasteiger partial charge >= 0.3 is 5.16 Å². The van der Waals surface area contributed by atoms with E-state index < -0.39 is 0 Å². The summed E-state index contributed by atoms with van der Waals surface area (Å²) in [6, 6.07) is 17.2. The Morgan fingerprint density at radius 1 is 1.08 bits per heavy atom. The van der Waals surface area contributed by atoms with Crippen molar-refractivity contribution in [2.75, 3.05) is 12.4 Å². The van der Waals surface area contributed by atoms with Gasteiger partial charge in [-0.1, -0.05) is 17.7 Å². The van der Waals surface area contributed by atoms with Gasteiger partial charge in [0.2, 0.25) is 0 Å². The number of aryl methyl sites for hydroxylation is 1. The highest BCUT2D eigenvalue weighted by molar-refractivity contribution is 7.99. The number of ether oxygens (including phenoxy) is 1. The van der Waals surface area contributed by atoms with E-state index >= 15 is 0 Å². The highest BCUT2D eigenvalue weighted by atomic mass is 79.9. The Kier molecular flexibility index (Phi) is 6.09. The summed E-state index contributed by atoms with van der Waals surface area (Å²) in [7, 11) is 0. The first-order valence-electron chi connectivity index (χ1n) is 8.84. The molecule has 0 N–H and O–H groups in total. The molecule has 26 heavy (non-hydrogen) atoms. The van der Waals surface area contributed by atoms with E-state index in [1.165, 1.54) is 39.8 Å². The number of benzene rings is 2. The number of rotatable bonds is 4. The number of halogens is 1. The molecule has 1 aliphatic rings. The molecule has 0 saturated heterocycles. The smallest absolute Gasteiger partial charge is 0.323 e. The third-order valence-electron chi connectivity index (χ3n) is 4.51. The van der Waals surface area contributed by atoms with Gasteiger partial charge in [-0.05, 0) is 68.4 Å². The second-order valence-corrected chi connectivity index (χ2v) is 7.38. The van der Waals surface area contributed by atoms with Crippen molar-refractivity contribution in [1.82, 2.24) is 4.57 Å². The third kappa shape index (κ3) is 3.69. The minimum atomic E-state index is 0. The Bertz CT molecular complexity index is 872. The Hall–Kier alpha value is -1.72. The number of thioether (sulfide) groups is 1. The average molecular weight is 431 g/mol. The highest BCUT2D eigenvalue weighted by Gasteiger charge is 2.28. The van der Waals surface area contributed by atoms with E-state index in [2.05, 4.69) is 70.8 Å². The van der Waals surface area contributed by atoms with Crippen LogP contribution < -0.4 is 26.3 Å². The summed E-state index contributed by atoms with van der Waals surface area (Å²) in [5, 5.41) is 1.32. The molecule has 1 aliphatic heterocycles. The summed E-state index contributed by atoms with van der Waals surface area (Å²) in [5.74, 6) is 2.11. The van der Waals surface area contributed by atoms with Gasteiger partial charge in [-0.15, -0.1) is 0 Å². The number of hydrogen-bond acceptors (Lipinski definition) is 2. The van der Waals surface area contributed by atoms with Crippen LogP contribution in [-0.2, 0) is 6.54 Å². The molecule has 0 aliphatic carbocycles. The maximum Gasteiger partial charge on any atom is 0.323 e. The lowest BCUT2D eigenvalue weighted by Gasteiger charge is -2.11.